The summed E-state index contributed by atoms with van der Waals surface area (Å²) in [6.45, 7) is 12.6. The third-order valence-electron chi connectivity index (χ3n) is 5.37. The average molecular weight is 443 g/mol. The van der Waals surface area contributed by atoms with Crippen molar-refractivity contribution in [2.24, 2.45) is 0 Å². The van der Waals surface area contributed by atoms with Crippen molar-refractivity contribution in [2.45, 2.75) is 52.3 Å². The smallest absolute Gasteiger partial charge is 0.261 e. The third kappa shape index (κ3) is 5.04. The molecule has 0 spiro atoms. The Balaban J connectivity index is 2.48. The lowest BCUT2D eigenvalue weighted by molar-refractivity contribution is 0.339. The standard InChI is InChI=1S/C23H32BBrOSi/c1-6-24(7-2)22(25)18-19-26-27(23(3,4)5,20-14-10-8-11-15-20)21-16-12-9-13-17-21/h8-18H,6-7,19H2,1-5H3/b22-18-. The SMILES string of the molecule is CCB(CC)/C(Br)=C/CO[Si](c1ccccc1)(c1ccccc1)C(C)(C)C. The van der Waals surface area contributed by atoms with Gasteiger partial charge in [-0.05, 0) is 19.8 Å². The molecule has 0 saturated carbocycles. The molecule has 0 aromatic heterocycles. The molecule has 2 aromatic carbocycles. The molecule has 0 aliphatic rings. The summed E-state index contributed by atoms with van der Waals surface area (Å²) in [4.78, 5) is 0. The number of hydrogen-bond acceptors (Lipinski definition) is 1. The highest BCUT2D eigenvalue weighted by molar-refractivity contribution is 9.12. The van der Waals surface area contributed by atoms with E-state index in [1.54, 1.807) is 0 Å². The van der Waals surface area contributed by atoms with Crippen LogP contribution in [-0.2, 0) is 4.43 Å². The van der Waals surface area contributed by atoms with Crippen LogP contribution in [0.1, 0.15) is 34.6 Å². The Hall–Kier alpha value is -1.10. The van der Waals surface area contributed by atoms with Crippen molar-refractivity contribution in [1.29, 1.82) is 0 Å². The molecule has 0 bridgehead atoms. The van der Waals surface area contributed by atoms with Crippen LogP contribution in [0.25, 0.3) is 0 Å². The summed E-state index contributed by atoms with van der Waals surface area (Å²) in [5.74, 6) is 0. The second-order valence-corrected chi connectivity index (χ2v) is 13.3. The molecule has 0 aliphatic heterocycles. The Kier molecular flexibility index (Phi) is 8.14. The molecule has 0 aliphatic carbocycles. The first-order chi connectivity index (χ1) is 12.9. The van der Waals surface area contributed by atoms with E-state index in [1.807, 2.05) is 0 Å². The summed E-state index contributed by atoms with van der Waals surface area (Å²) in [7, 11) is -2.44. The maximum atomic E-state index is 6.91. The van der Waals surface area contributed by atoms with Crippen LogP contribution in [0.3, 0.4) is 0 Å². The molecule has 2 aromatic rings. The molecule has 27 heavy (non-hydrogen) atoms. The first-order valence-corrected chi connectivity index (χ1v) is 12.7. The molecule has 0 unspecified atom stereocenters. The zero-order chi connectivity index (χ0) is 19.9. The molecule has 0 amide bonds. The maximum absolute atomic E-state index is 6.91. The molecule has 2 rings (SSSR count). The Labute approximate surface area is 175 Å². The molecule has 0 fully saturated rings. The van der Waals surface area contributed by atoms with Gasteiger partial charge in [0.1, 0.15) is 0 Å². The minimum Gasteiger partial charge on any atom is -0.404 e. The van der Waals surface area contributed by atoms with Crippen LogP contribution in [0.5, 0.6) is 0 Å². The van der Waals surface area contributed by atoms with Crippen molar-refractivity contribution in [2.75, 3.05) is 6.61 Å². The van der Waals surface area contributed by atoms with E-state index in [1.165, 1.54) is 14.8 Å². The fourth-order valence-electron chi connectivity index (χ4n) is 3.85. The van der Waals surface area contributed by atoms with Crippen molar-refractivity contribution < 1.29 is 4.43 Å². The Morgan fingerprint density at radius 3 is 1.74 bits per heavy atom. The van der Waals surface area contributed by atoms with E-state index in [2.05, 4.69) is 117 Å². The molecular formula is C23H32BBrOSi. The molecular weight excluding hydrogens is 411 g/mol. The Bertz CT molecular complexity index is 682. The summed E-state index contributed by atoms with van der Waals surface area (Å²) < 4.78 is 8.18. The van der Waals surface area contributed by atoms with Gasteiger partial charge in [0.15, 0.2) is 6.71 Å². The molecule has 1 nitrogen and oxygen atoms in total. The zero-order valence-corrected chi connectivity index (χ0v) is 19.9. The van der Waals surface area contributed by atoms with E-state index in [0.29, 0.717) is 13.3 Å². The highest BCUT2D eigenvalue weighted by Gasteiger charge is 2.49. The van der Waals surface area contributed by atoms with E-state index in [-0.39, 0.29) is 5.04 Å². The van der Waals surface area contributed by atoms with Crippen molar-refractivity contribution in [1.82, 2.24) is 0 Å². The number of hydrogen-bond donors (Lipinski definition) is 0. The van der Waals surface area contributed by atoms with Gasteiger partial charge in [0, 0.05) is 0 Å². The Morgan fingerprint density at radius 2 is 1.37 bits per heavy atom. The number of rotatable bonds is 8. The fraction of sp³-hybridized carbons (Fsp3) is 0.391. The van der Waals surface area contributed by atoms with Crippen LogP contribution in [0.2, 0.25) is 17.7 Å². The lowest BCUT2D eigenvalue weighted by atomic mass is 9.46. The second-order valence-electron chi connectivity index (χ2n) is 8.08. The second kappa shape index (κ2) is 9.90. The maximum Gasteiger partial charge on any atom is 0.261 e. The topological polar surface area (TPSA) is 9.23 Å². The van der Waals surface area contributed by atoms with E-state index >= 15 is 0 Å². The van der Waals surface area contributed by atoms with E-state index in [9.17, 15) is 0 Å². The molecule has 0 radical (unpaired) electrons. The highest BCUT2D eigenvalue weighted by Crippen LogP contribution is 2.36. The van der Waals surface area contributed by atoms with Gasteiger partial charge in [-0.3, -0.25) is 0 Å². The van der Waals surface area contributed by atoms with Crippen molar-refractivity contribution >= 4 is 41.3 Å². The van der Waals surface area contributed by atoms with Crippen LogP contribution in [0.15, 0.2) is 71.1 Å². The molecule has 0 heterocycles. The predicted octanol–water partition coefficient (Wildman–Crippen LogP) is 5.92. The van der Waals surface area contributed by atoms with Crippen LogP contribution in [-0.4, -0.2) is 21.6 Å². The predicted molar refractivity (Wildman–Crippen MR) is 127 cm³/mol. The van der Waals surface area contributed by atoms with Gasteiger partial charge in [0.25, 0.3) is 8.32 Å². The van der Waals surface area contributed by atoms with Crippen molar-refractivity contribution in [3.05, 3.63) is 71.1 Å². The summed E-state index contributed by atoms with van der Waals surface area (Å²) in [6.07, 6.45) is 4.52. The van der Waals surface area contributed by atoms with Gasteiger partial charge in [-0.15, -0.1) is 0 Å². The summed E-state index contributed by atoms with van der Waals surface area (Å²) in [6, 6.07) is 21.6. The summed E-state index contributed by atoms with van der Waals surface area (Å²) in [5, 5.41) is 2.68. The third-order valence-corrected chi connectivity index (χ3v) is 11.3. The van der Waals surface area contributed by atoms with Gasteiger partial charge in [-0.1, -0.05) is 130 Å². The van der Waals surface area contributed by atoms with Gasteiger partial charge in [-0.2, -0.15) is 0 Å². The van der Waals surface area contributed by atoms with Crippen molar-refractivity contribution in [3.8, 4) is 0 Å². The fourth-order valence-corrected chi connectivity index (χ4v) is 9.12. The van der Waals surface area contributed by atoms with Gasteiger partial charge < -0.3 is 4.43 Å². The number of halogens is 1. The van der Waals surface area contributed by atoms with E-state index in [4.69, 9.17) is 4.43 Å². The lowest BCUT2D eigenvalue weighted by Gasteiger charge is -2.42. The lowest BCUT2D eigenvalue weighted by Crippen LogP contribution is -2.66. The first kappa shape index (κ1) is 22.2. The first-order valence-electron chi connectivity index (χ1n) is 9.97. The molecule has 0 atom stereocenters. The number of benzene rings is 2. The zero-order valence-electron chi connectivity index (χ0n) is 17.3. The quantitative estimate of drug-likeness (QED) is 0.461. The average Bonchev–Trinajstić information content (AvgIpc) is 2.66. The van der Waals surface area contributed by atoms with Gasteiger partial charge in [0.05, 0.1) is 6.61 Å². The van der Waals surface area contributed by atoms with Crippen LogP contribution < -0.4 is 10.4 Å². The highest BCUT2D eigenvalue weighted by atomic mass is 79.9. The molecule has 0 saturated heterocycles. The monoisotopic (exact) mass is 442 g/mol. The summed E-state index contributed by atoms with van der Waals surface area (Å²) in [5.41, 5.74) is 0. The normalized spacial score (nSPS) is 12.9. The van der Waals surface area contributed by atoms with E-state index < -0.39 is 8.32 Å². The van der Waals surface area contributed by atoms with Gasteiger partial charge >= 0.3 is 0 Å². The molecule has 0 N–H and O–H groups in total. The Morgan fingerprint density at radius 1 is 0.926 bits per heavy atom. The van der Waals surface area contributed by atoms with E-state index in [0.717, 1.165) is 12.6 Å². The minimum absolute atomic E-state index is 0.0188. The van der Waals surface area contributed by atoms with Gasteiger partial charge in [0.2, 0.25) is 0 Å². The largest absolute Gasteiger partial charge is 0.404 e. The summed E-state index contributed by atoms with van der Waals surface area (Å²) >= 11 is 3.79. The van der Waals surface area contributed by atoms with Crippen LogP contribution in [0.4, 0.5) is 0 Å². The van der Waals surface area contributed by atoms with Crippen LogP contribution >= 0.6 is 15.9 Å². The van der Waals surface area contributed by atoms with Crippen LogP contribution in [0, 0.1) is 0 Å². The molecule has 144 valence electrons. The van der Waals surface area contributed by atoms with Crippen molar-refractivity contribution in [3.63, 3.8) is 0 Å². The molecule has 4 heteroatoms. The minimum atomic E-state index is -2.44. The van der Waals surface area contributed by atoms with Gasteiger partial charge in [-0.25, -0.2) is 0 Å².